The van der Waals surface area contributed by atoms with Crippen LogP contribution in [0.1, 0.15) is 5.56 Å². The lowest BCUT2D eigenvalue weighted by atomic mass is 9.98. The number of carbonyl (C=O) groups is 1. The molecule has 0 bridgehead atoms. The van der Waals surface area contributed by atoms with Crippen LogP contribution >= 0.6 is 0 Å². The second-order valence-corrected chi connectivity index (χ2v) is 6.81. The van der Waals surface area contributed by atoms with Crippen LogP contribution in [0, 0.1) is 0 Å². The van der Waals surface area contributed by atoms with Gasteiger partial charge in [-0.25, -0.2) is 0 Å². The zero-order valence-corrected chi connectivity index (χ0v) is 18.4. The number of fused-ring (bicyclic) bond motifs is 1. The van der Waals surface area contributed by atoms with Crippen LogP contribution in [-0.2, 0) is 23.0 Å². The van der Waals surface area contributed by atoms with Gasteiger partial charge >= 0.3 is 5.97 Å². The molecule has 0 saturated carbocycles. The summed E-state index contributed by atoms with van der Waals surface area (Å²) in [6.07, 6.45) is 0.00431. The minimum absolute atomic E-state index is 0.00431. The van der Waals surface area contributed by atoms with E-state index in [0.717, 1.165) is 0 Å². The molecule has 0 aliphatic carbocycles. The Hall–Kier alpha value is -3.68. The predicted molar refractivity (Wildman–Crippen MR) is 117 cm³/mol. The molecule has 31 heavy (non-hydrogen) atoms. The number of pyridine rings is 1. The third kappa shape index (κ3) is 4.01. The zero-order valence-electron chi connectivity index (χ0n) is 18.4. The van der Waals surface area contributed by atoms with Crippen molar-refractivity contribution >= 4 is 16.7 Å². The molecular weight excluding hydrogens is 402 g/mol. The second kappa shape index (κ2) is 8.99. The van der Waals surface area contributed by atoms with E-state index < -0.39 is 5.97 Å². The van der Waals surface area contributed by atoms with E-state index in [1.165, 1.54) is 40.1 Å². The van der Waals surface area contributed by atoms with Gasteiger partial charge in [0.1, 0.15) is 0 Å². The normalized spacial score (nSPS) is 10.6. The minimum Gasteiger partial charge on any atom is -0.493 e. The smallest absolute Gasteiger partial charge is 0.310 e. The molecule has 0 aliphatic heterocycles. The van der Waals surface area contributed by atoms with Gasteiger partial charge in [-0.1, -0.05) is 0 Å². The summed E-state index contributed by atoms with van der Waals surface area (Å²) in [4.78, 5) is 25.2. The Morgan fingerprint density at radius 3 is 1.94 bits per heavy atom. The molecule has 0 N–H and O–H groups in total. The van der Waals surface area contributed by atoms with Crippen LogP contribution in [0.2, 0.25) is 0 Å². The molecule has 3 aromatic rings. The Morgan fingerprint density at radius 2 is 1.35 bits per heavy atom. The molecule has 3 rings (SSSR count). The van der Waals surface area contributed by atoms with Gasteiger partial charge in [-0.05, 0) is 41.3 Å². The van der Waals surface area contributed by atoms with Crippen molar-refractivity contribution in [1.29, 1.82) is 0 Å². The summed E-state index contributed by atoms with van der Waals surface area (Å²) in [6.45, 7) is 0. The van der Waals surface area contributed by atoms with Crippen molar-refractivity contribution in [2.24, 2.45) is 7.05 Å². The van der Waals surface area contributed by atoms with Gasteiger partial charge < -0.3 is 28.3 Å². The molecule has 0 spiro atoms. The van der Waals surface area contributed by atoms with Gasteiger partial charge in [0.05, 0.1) is 53.0 Å². The van der Waals surface area contributed by atoms with E-state index in [0.29, 0.717) is 50.6 Å². The highest BCUT2D eigenvalue weighted by Gasteiger charge is 2.19. The first-order valence-electron chi connectivity index (χ1n) is 9.46. The third-order valence-electron chi connectivity index (χ3n) is 5.19. The minimum atomic E-state index is -0.411. The number of rotatable bonds is 7. The van der Waals surface area contributed by atoms with Gasteiger partial charge in [-0.3, -0.25) is 9.59 Å². The molecule has 1 aromatic heterocycles. The fourth-order valence-electron chi connectivity index (χ4n) is 3.53. The van der Waals surface area contributed by atoms with E-state index in [9.17, 15) is 9.59 Å². The summed E-state index contributed by atoms with van der Waals surface area (Å²) >= 11 is 0. The third-order valence-corrected chi connectivity index (χ3v) is 5.19. The standard InChI is InChI=1S/C23H25NO7/c1-24-17(7-13-8-18(27-2)21(30-5)12-16(13)23(24)26)15-11-20(29-4)19(28-3)9-14(15)10-22(25)31-6/h7-9,11-12H,10H2,1-6H3. The quantitative estimate of drug-likeness (QED) is 0.536. The Labute approximate surface area is 179 Å². The summed E-state index contributed by atoms with van der Waals surface area (Å²) in [5.74, 6) is 1.52. The molecule has 0 amide bonds. The number of hydrogen-bond donors (Lipinski definition) is 0. The SMILES string of the molecule is COC(=O)Cc1cc(OC)c(OC)cc1-c1cc2cc(OC)c(OC)cc2c(=O)n1C. The average Bonchev–Trinajstić information content (AvgIpc) is 2.80. The maximum Gasteiger partial charge on any atom is 0.310 e. The number of aromatic nitrogens is 1. The van der Waals surface area contributed by atoms with Crippen LogP contribution in [0.5, 0.6) is 23.0 Å². The first-order chi connectivity index (χ1) is 14.9. The molecule has 0 atom stereocenters. The monoisotopic (exact) mass is 427 g/mol. The second-order valence-electron chi connectivity index (χ2n) is 6.81. The summed E-state index contributed by atoms with van der Waals surface area (Å²) in [5.41, 5.74) is 1.68. The van der Waals surface area contributed by atoms with E-state index >= 15 is 0 Å². The van der Waals surface area contributed by atoms with Crippen molar-refractivity contribution in [3.8, 4) is 34.3 Å². The molecule has 0 unspecified atom stereocenters. The largest absolute Gasteiger partial charge is 0.493 e. The molecule has 8 nitrogen and oxygen atoms in total. The topological polar surface area (TPSA) is 85.2 Å². The van der Waals surface area contributed by atoms with Gasteiger partial charge in [0.2, 0.25) is 0 Å². The lowest BCUT2D eigenvalue weighted by Crippen LogP contribution is -2.19. The van der Waals surface area contributed by atoms with E-state index in [1.807, 2.05) is 6.07 Å². The molecular formula is C23H25NO7. The number of esters is 1. The first-order valence-corrected chi connectivity index (χ1v) is 9.46. The van der Waals surface area contributed by atoms with Crippen molar-refractivity contribution < 1.29 is 28.5 Å². The lowest BCUT2D eigenvalue weighted by molar-refractivity contribution is -0.139. The molecule has 8 heteroatoms. The van der Waals surface area contributed by atoms with Gasteiger partial charge in [0.25, 0.3) is 5.56 Å². The Balaban J connectivity index is 2.35. The van der Waals surface area contributed by atoms with Gasteiger partial charge in [-0.15, -0.1) is 0 Å². The van der Waals surface area contributed by atoms with Crippen molar-refractivity contribution in [2.75, 3.05) is 35.5 Å². The van der Waals surface area contributed by atoms with Crippen molar-refractivity contribution in [3.05, 3.63) is 46.2 Å². The number of methoxy groups -OCH3 is 5. The maximum absolute atomic E-state index is 13.2. The van der Waals surface area contributed by atoms with Gasteiger partial charge in [-0.2, -0.15) is 0 Å². The highest BCUT2D eigenvalue weighted by atomic mass is 16.5. The van der Waals surface area contributed by atoms with E-state index in [4.69, 9.17) is 23.7 Å². The van der Waals surface area contributed by atoms with Crippen LogP contribution in [0.4, 0.5) is 0 Å². The fourth-order valence-corrected chi connectivity index (χ4v) is 3.53. The zero-order chi connectivity index (χ0) is 22.7. The Kier molecular flexibility index (Phi) is 6.39. The predicted octanol–water partition coefficient (Wildman–Crippen LogP) is 2.96. The summed E-state index contributed by atoms with van der Waals surface area (Å²) in [7, 11) is 9.10. The van der Waals surface area contributed by atoms with Crippen LogP contribution < -0.4 is 24.5 Å². The van der Waals surface area contributed by atoms with Crippen LogP contribution in [-0.4, -0.2) is 46.1 Å². The van der Waals surface area contributed by atoms with Gasteiger partial charge in [0.15, 0.2) is 23.0 Å². The number of nitrogens with zero attached hydrogens (tertiary/aromatic N) is 1. The maximum atomic E-state index is 13.2. The van der Waals surface area contributed by atoms with Crippen molar-refractivity contribution in [1.82, 2.24) is 4.57 Å². The highest BCUT2D eigenvalue weighted by Crippen LogP contribution is 2.38. The molecule has 0 fully saturated rings. The number of ether oxygens (including phenoxy) is 5. The van der Waals surface area contributed by atoms with E-state index in [2.05, 4.69) is 0 Å². The number of carbonyl (C=O) groups excluding carboxylic acids is 1. The van der Waals surface area contributed by atoms with Crippen LogP contribution in [0.15, 0.2) is 35.1 Å². The Morgan fingerprint density at radius 1 is 0.806 bits per heavy atom. The molecule has 0 aliphatic rings. The van der Waals surface area contributed by atoms with Gasteiger partial charge in [0, 0.05) is 12.6 Å². The summed E-state index contributed by atoms with van der Waals surface area (Å²) in [5, 5.41) is 1.16. The van der Waals surface area contributed by atoms with Crippen molar-refractivity contribution in [3.63, 3.8) is 0 Å². The van der Waals surface area contributed by atoms with Crippen LogP contribution in [0.3, 0.4) is 0 Å². The molecule has 164 valence electrons. The number of hydrogen-bond acceptors (Lipinski definition) is 7. The van der Waals surface area contributed by atoms with E-state index in [1.54, 1.807) is 31.3 Å². The number of benzene rings is 2. The Bertz CT molecular complexity index is 1200. The molecule has 0 saturated heterocycles. The molecule has 0 radical (unpaired) electrons. The average molecular weight is 427 g/mol. The van der Waals surface area contributed by atoms with Crippen LogP contribution in [0.25, 0.3) is 22.0 Å². The first kappa shape index (κ1) is 22.0. The molecule has 1 heterocycles. The lowest BCUT2D eigenvalue weighted by Gasteiger charge is -2.18. The summed E-state index contributed by atoms with van der Waals surface area (Å²) < 4.78 is 27.9. The van der Waals surface area contributed by atoms with Crippen molar-refractivity contribution in [2.45, 2.75) is 6.42 Å². The van der Waals surface area contributed by atoms with E-state index in [-0.39, 0.29) is 12.0 Å². The fraction of sp³-hybridized carbons (Fsp3) is 0.304. The highest BCUT2D eigenvalue weighted by molar-refractivity contribution is 5.89. The molecule has 2 aromatic carbocycles. The summed E-state index contributed by atoms with van der Waals surface area (Å²) in [6, 6.07) is 8.73.